The smallest absolute Gasteiger partial charge is 0.244 e. The Morgan fingerprint density at radius 2 is 2.06 bits per heavy atom. The molecule has 0 spiro atoms. The fourth-order valence-electron chi connectivity index (χ4n) is 1.48. The minimum atomic E-state index is -0.416. The maximum atomic E-state index is 13.5. The Balaban J connectivity index is 2.03. The molecular weight excluding hydrogens is 255 g/mol. The van der Waals surface area contributed by atoms with Crippen LogP contribution in [0, 0.1) is 5.82 Å². The summed E-state index contributed by atoms with van der Waals surface area (Å²) >= 11 is 1.15. The van der Waals surface area contributed by atoms with Crippen LogP contribution in [-0.4, -0.2) is 19.8 Å². The molecular formula is C11H7FN4OS. The average Bonchev–Trinajstić information content (AvgIpc) is 2.74. The zero-order chi connectivity index (χ0) is 12.5. The molecule has 18 heavy (non-hydrogen) atoms. The molecule has 3 aromatic rings. The largest absolute Gasteiger partial charge is 0.364 e. The van der Waals surface area contributed by atoms with Gasteiger partial charge in [0.25, 0.3) is 0 Å². The number of halogens is 1. The van der Waals surface area contributed by atoms with Crippen LogP contribution in [0.2, 0.25) is 0 Å². The van der Waals surface area contributed by atoms with Gasteiger partial charge in [0.05, 0.1) is 0 Å². The molecule has 0 radical (unpaired) electrons. The molecule has 2 heterocycles. The van der Waals surface area contributed by atoms with E-state index in [0.717, 1.165) is 16.3 Å². The second kappa shape index (κ2) is 4.26. The van der Waals surface area contributed by atoms with Crippen LogP contribution >= 0.6 is 11.8 Å². The van der Waals surface area contributed by atoms with Crippen molar-refractivity contribution in [2.45, 2.75) is 9.92 Å². The zero-order valence-corrected chi connectivity index (χ0v) is 9.82. The van der Waals surface area contributed by atoms with Crippen LogP contribution in [0.3, 0.4) is 0 Å². The highest BCUT2D eigenvalue weighted by Crippen LogP contribution is 2.27. The van der Waals surface area contributed by atoms with Crippen molar-refractivity contribution in [3.05, 3.63) is 52.7 Å². The molecule has 2 aromatic heterocycles. The van der Waals surface area contributed by atoms with Crippen molar-refractivity contribution in [1.29, 1.82) is 0 Å². The van der Waals surface area contributed by atoms with Gasteiger partial charge in [0, 0.05) is 4.90 Å². The summed E-state index contributed by atoms with van der Waals surface area (Å²) in [6.45, 7) is 0. The predicted octanol–water partition coefficient (Wildman–Crippen LogP) is 1.71. The van der Waals surface area contributed by atoms with E-state index >= 15 is 0 Å². The first-order valence-corrected chi connectivity index (χ1v) is 5.92. The van der Waals surface area contributed by atoms with Crippen molar-refractivity contribution >= 4 is 17.4 Å². The van der Waals surface area contributed by atoms with Crippen LogP contribution in [0.4, 0.5) is 4.39 Å². The van der Waals surface area contributed by atoms with Gasteiger partial charge >= 0.3 is 5.69 Å². The molecule has 0 bridgehead atoms. The van der Waals surface area contributed by atoms with Gasteiger partial charge in [0.15, 0.2) is 5.65 Å². The second-order valence-electron chi connectivity index (χ2n) is 3.50. The second-order valence-corrected chi connectivity index (χ2v) is 4.57. The number of nitrogens with one attached hydrogen (secondary N) is 1. The van der Waals surface area contributed by atoms with Crippen LogP contribution < -0.4 is 5.69 Å². The number of fused-ring (bicyclic) bond motifs is 1. The molecule has 1 N–H and O–H groups in total. The molecule has 0 fully saturated rings. The normalized spacial score (nSPS) is 10.9. The molecule has 1 aromatic carbocycles. The van der Waals surface area contributed by atoms with Gasteiger partial charge in [-0.2, -0.15) is 14.7 Å². The summed E-state index contributed by atoms with van der Waals surface area (Å²) in [4.78, 5) is 11.8. The number of benzene rings is 1. The molecule has 90 valence electrons. The van der Waals surface area contributed by atoms with E-state index < -0.39 is 5.69 Å². The summed E-state index contributed by atoms with van der Waals surface area (Å²) in [5.74, 6) is -0.316. The Morgan fingerprint density at radius 3 is 2.89 bits per heavy atom. The molecule has 0 unspecified atom stereocenters. The molecule has 5 nitrogen and oxygen atoms in total. The number of aromatic nitrogens is 4. The summed E-state index contributed by atoms with van der Waals surface area (Å²) in [6.07, 6.45) is 0. The van der Waals surface area contributed by atoms with Crippen molar-refractivity contribution < 1.29 is 4.39 Å². The molecule has 0 aliphatic heterocycles. The van der Waals surface area contributed by atoms with Crippen LogP contribution in [0.5, 0.6) is 0 Å². The number of hydrogen-bond acceptors (Lipinski definition) is 4. The maximum absolute atomic E-state index is 13.5. The van der Waals surface area contributed by atoms with Gasteiger partial charge in [0.2, 0.25) is 0 Å². The molecule has 3 rings (SSSR count). The van der Waals surface area contributed by atoms with Gasteiger partial charge in [-0.05, 0) is 24.3 Å². The molecule has 0 aliphatic rings. The highest BCUT2D eigenvalue weighted by Gasteiger charge is 2.07. The van der Waals surface area contributed by atoms with E-state index in [9.17, 15) is 9.18 Å². The van der Waals surface area contributed by atoms with Crippen molar-refractivity contribution in [3.63, 3.8) is 0 Å². The Labute approximate surface area is 105 Å². The molecule has 0 amide bonds. The van der Waals surface area contributed by atoms with Crippen molar-refractivity contribution in [1.82, 2.24) is 19.8 Å². The maximum Gasteiger partial charge on any atom is 0.364 e. The van der Waals surface area contributed by atoms with Crippen LogP contribution in [0.15, 0.2) is 51.1 Å². The zero-order valence-electron chi connectivity index (χ0n) is 9.00. The molecule has 7 heteroatoms. The van der Waals surface area contributed by atoms with Crippen LogP contribution in [0.25, 0.3) is 5.65 Å². The Morgan fingerprint density at radius 1 is 1.22 bits per heavy atom. The highest BCUT2D eigenvalue weighted by atomic mass is 32.2. The lowest BCUT2D eigenvalue weighted by atomic mass is 10.3. The van der Waals surface area contributed by atoms with E-state index in [1.807, 2.05) is 0 Å². The first-order valence-electron chi connectivity index (χ1n) is 5.11. The Hall–Kier alpha value is -2.15. The number of hydrogen-bond donors (Lipinski definition) is 1. The molecule has 0 atom stereocenters. The van der Waals surface area contributed by atoms with E-state index in [0.29, 0.717) is 15.6 Å². The van der Waals surface area contributed by atoms with Gasteiger partial charge in [-0.3, -0.25) is 0 Å². The minimum Gasteiger partial charge on any atom is -0.244 e. The third-order valence-electron chi connectivity index (χ3n) is 2.30. The van der Waals surface area contributed by atoms with Gasteiger partial charge in [-0.1, -0.05) is 23.9 Å². The standard InChI is InChI=1S/C11H7FN4OS/c12-7-3-1-2-4-8(7)18-10-6-5-9-13-14-11(17)16(9)15-10/h1-6H,(H,14,17). The SMILES string of the molecule is O=c1[nH]nc2ccc(Sc3ccccc3F)nn12. The summed E-state index contributed by atoms with van der Waals surface area (Å²) in [5.41, 5.74) is 0.0128. The van der Waals surface area contributed by atoms with Crippen molar-refractivity contribution in [2.24, 2.45) is 0 Å². The van der Waals surface area contributed by atoms with Gasteiger partial charge in [-0.25, -0.2) is 14.3 Å². The van der Waals surface area contributed by atoms with E-state index in [1.54, 1.807) is 30.3 Å². The van der Waals surface area contributed by atoms with Gasteiger partial charge in [0.1, 0.15) is 10.8 Å². The Bertz CT molecular complexity index is 767. The number of aromatic amines is 1. The first-order chi connectivity index (χ1) is 8.74. The lowest BCUT2D eigenvalue weighted by Crippen LogP contribution is -2.12. The summed E-state index contributed by atoms with van der Waals surface area (Å²) < 4.78 is 14.6. The number of nitrogens with zero attached hydrogens (tertiary/aromatic N) is 3. The number of H-pyrrole nitrogens is 1. The first kappa shape index (κ1) is 11.0. The molecule has 0 saturated heterocycles. The summed E-state index contributed by atoms with van der Waals surface area (Å²) in [6, 6.07) is 9.74. The topological polar surface area (TPSA) is 63.0 Å². The highest BCUT2D eigenvalue weighted by molar-refractivity contribution is 7.99. The van der Waals surface area contributed by atoms with Crippen LogP contribution in [0.1, 0.15) is 0 Å². The molecule has 0 saturated carbocycles. The van der Waals surface area contributed by atoms with Crippen LogP contribution in [-0.2, 0) is 0 Å². The quantitative estimate of drug-likeness (QED) is 0.763. The Kier molecular flexibility index (Phi) is 2.60. The fourth-order valence-corrected chi connectivity index (χ4v) is 2.28. The molecule has 0 aliphatic carbocycles. The lowest BCUT2D eigenvalue weighted by molar-refractivity contribution is 0.601. The summed E-state index contributed by atoms with van der Waals surface area (Å²) in [7, 11) is 0. The van der Waals surface area contributed by atoms with E-state index in [1.165, 1.54) is 6.07 Å². The lowest BCUT2D eigenvalue weighted by Gasteiger charge is -2.01. The third-order valence-corrected chi connectivity index (χ3v) is 3.28. The van der Waals surface area contributed by atoms with E-state index in [2.05, 4.69) is 15.3 Å². The van der Waals surface area contributed by atoms with Crippen molar-refractivity contribution in [2.75, 3.05) is 0 Å². The summed E-state index contributed by atoms with van der Waals surface area (Å²) in [5, 5.41) is 10.7. The number of rotatable bonds is 2. The van der Waals surface area contributed by atoms with E-state index in [-0.39, 0.29) is 5.82 Å². The minimum absolute atomic E-state index is 0.316. The monoisotopic (exact) mass is 262 g/mol. The predicted molar refractivity (Wildman–Crippen MR) is 64.1 cm³/mol. The fraction of sp³-hybridized carbons (Fsp3) is 0. The van der Waals surface area contributed by atoms with E-state index in [4.69, 9.17) is 0 Å². The average molecular weight is 262 g/mol. The van der Waals surface area contributed by atoms with Gasteiger partial charge < -0.3 is 0 Å². The third kappa shape index (κ3) is 1.88. The van der Waals surface area contributed by atoms with Gasteiger partial charge in [-0.15, -0.1) is 0 Å². The van der Waals surface area contributed by atoms with Crippen molar-refractivity contribution in [3.8, 4) is 0 Å².